The fourth-order valence-corrected chi connectivity index (χ4v) is 7.18. The van der Waals surface area contributed by atoms with Crippen LogP contribution in [0, 0.1) is 18.3 Å². The predicted molar refractivity (Wildman–Crippen MR) is 182 cm³/mol. The molecule has 6 nitrogen and oxygen atoms in total. The highest BCUT2D eigenvalue weighted by atomic mass is 16.2. The van der Waals surface area contributed by atoms with Crippen molar-refractivity contribution in [1.82, 2.24) is 9.13 Å². The first-order valence-corrected chi connectivity index (χ1v) is 15.1. The highest BCUT2D eigenvalue weighted by Crippen LogP contribution is 2.44. The molecule has 0 fully saturated rings. The molecule has 3 heterocycles. The number of nitriles is 1. The quantitative estimate of drug-likeness (QED) is 0.192. The summed E-state index contributed by atoms with van der Waals surface area (Å²) in [4.78, 5) is 28.7. The van der Waals surface area contributed by atoms with Gasteiger partial charge in [0, 0.05) is 27.2 Å². The van der Waals surface area contributed by atoms with Crippen molar-refractivity contribution in [2.75, 3.05) is 4.90 Å². The van der Waals surface area contributed by atoms with Crippen molar-refractivity contribution in [2.24, 2.45) is 0 Å². The molecule has 216 valence electrons. The van der Waals surface area contributed by atoms with Gasteiger partial charge in [-0.3, -0.25) is 9.59 Å². The Kier molecular flexibility index (Phi) is 5.38. The number of aryl methyl sites for hydroxylation is 1. The number of anilines is 1. The van der Waals surface area contributed by atoms with Gasteiger partial charge < -0.3 is 9.13 Å². The van der Waals surface area contributed by atoms with Gasteiger partial charge in [0.15, 0.2) is 0 Å². The summed E-state index contributed by atoms with van der Waals surface area (Å²) in [6.07, 6.45) is 0. The molecule has 0 spiro atoms. The van der Waals surface area contributed by atoms with Crippen molar-refractivity contribution in [2.45, 2.75) is 6.92 Å². The van der Waals surface area contributed by atoms with Crippen LogP contribution in [-0.4, -0.2) is 20.9 Å². The number of imide groups is 1. The Morgan fingerprint density at radius 2 is 1.09 bits per heavy atom. The van der Waals surface area contributed by atoms with E-state index >= 15 is 0 Å². The number of fused-ring (bicyclic) bond motifs is 8. The van der Waals surface area contributed by atoms with Crippen molar-refractivity contribution in [3.63, 3.8) is 0 Å². The first-order chi connectivity index (χ1) is 22.6. The monoisotopic (exact) mass is 592 g/mol. The van der Waals surface area contributed by atoms with E-state index < -0.39 is 11.8 Å². The molecule has 1 aliphatic rings. The summed E-state index contributed by atoms with van der Waals surface area (Å²) < 4.78 is 4.34. The zero-order chi connectivity index (χ0) is 31.1. The summed E-state index contributed by atoms with van der Waals surface area (Å²) in [5.41, 5.74) is 8.11. The van der Waals surface area contributed by atoms with Gasteiger partial charge in [0.2, 0.25) is 0 Å². The average Bonchev–Trinajstić information content (AvgIpc) is 3.70. The SMILES string of the molecule is Cc1ccc(-n2c3ccccc3c3c4c5ccccc5n(-c5c(C#N)cccc5N5C(=O)c6ccccc6C5=O)c4ccc32)cc1. The molecular formula is C40H24N4O2. The van der Waals surface area contributed by atoms with E-state index in [2.05, 4.69) is 84.3 Å². The topological polar surface area (TPSA) is 71.0 Å². The molecule has 6 heteroatoms. The Labute approximate surface area is 263 Å². The van der Waals surface area contributed by atoms with Crippen LogP contribution in [0.1, 0.15) is 31.8 Å². The molecule has 0 N–H and O–H groups in total. The maximum atomic E-state index is 13.7. The zero-order valence-electron chi connectivity index (χ0n) is 24.7. The predicted octanol–water partition coefficient (Wildman–Crippen LogP) is 8.86. The Morgan fingerprint density at radius 3 is 1.70 bits per heavy atom. The maximum Gasteiger partial charge on any atom is 0.266 e. The second-order valence-electron chi connectivity index (χ2n) is 11.7. The molecule has 0 atom stereocenters. The van der Waals surface area contributed by atoms with Crippen LogP contribution in [0.2, 0.25) is 0 Å². The van der Waals surface area contributed by atoms with E-state index in [9.17, 15) is 14.9 Å². The summed E-state index contributed by atoms with van der Waals surface area (Å²) >= 11 is 0. The first-order valence-electron chi connectivity index (χ1n) is 15.1. The molecule has 0 saturated heterocycles. The minimum atomic E-state index is -0.402. The number of amides is 2. The second kappa shape index (κ2) is 9.52. The van der Waals surface area contributed by atoms with Crippen LogP contribution in [0.15, 0.2) is 127 Å². The molecule has 1 aliphatic heterocycles. The molecule has 0 aliphatic carbocycles. The lowest BCUT2D eigenvalue weighted by Crippen LogP contribution is -2.30. The molecule has 2 aromatic heterocycles. The smallest absolute Gasteiger partial charge is 0.266 e. The third kappa shape index (κ3) is 3.40. The normalized spacial score (nSPS) is 12.9. The van der Waals surface area contributed by atoms with Crippen molar-refractivity contribution >= 4 is 61.1 Å². The van der Waals surface area contributed by atoms with Gasteiger partial charge in [-0.2, -0.15) is 5.26 Å². The highest BCUT2D eigenvalue weighted by molar-refractivity contribution is 6.35. The Balaban J connectivity index is 1.41. The summed E-state index contributed by atoms with van der Waals surface area (Å²) in [6, 6.07) is 43.7. The summed E-state index contributed by atoms with van der Waals surface area (Å²) in [7, 11) is 0. The molecule has 46 heavy (non-hydrogen) atoms. The van der Waals surface area contributed by atoms with Gasteiger partial charge in [-0.25, -0.2) is 4.90 Å². The van der Waals surface area contributed by atoms with Gasteiger partial charge in [0.05, 0.1) is 50.1 Å². The Morgan fingerprint density at radius 1 is 0.543 bits per heavy atom. The molecule has 0 unspecified atom stereocenters. The van der Waals surface area contributed by atoms with Crippen LogP contribution in [0.3, 0.4) is 0 Å². The highest BCUT2D eigenvalue weighted by Gasteiger charge is 2.38. The van der Waals surface area contributed by atoms with E-state index in [0.717, 1.165) is 49.3 Å². The number of aromatic nitrogens is 2. The maximum absolute atomic E-state index is 13.7. The molecular weight excluding hydrogens is 568 g/mol. The van der Waals surface area contributed by atoms with Gasteiger partial charge in [-0.05, 0) is 67.6 Å². The number of hydrogen-bond acceptors (Lipinski definition) is 3. The van der Waals surface area contributed by atoms with Gasteiger partial charge >= 0.3 is 0 Å². The summed E-state index contributed by atoms with van der Waals surface area (Å²) in [5, 5.41) is 14.7. The molecule has 0 bridgehead atoms. The van der Waals surface area contributed by atoms with Crippen molar-refractivity contribution < 1.29 is 9.59 Å². The van der Waals surface area contributed by atoms with Crippen molar-refractivity contribution in [3.8, 4) is 17.4 Å². The fourth-order valence-electron chi connectivity index (χ4n) is 7.18. The van der Waals surface area contributed by atoms with E-state index in [-0.39, 0.29) is 0 Å². The molecule has 0 radical (unpaired) electrons. The Bertz CT molecular complexity index is 2620. The number of benzene rings is 6. The van der Waals surface area contributed by atoms with Crippen LogP contribution in [0.25, 0.3) is 55.0 Å². The first kappa shape index (κ1) is 26.0. The average molecular weight is 593 g/mol. The number of nitrogens with zero attached hydrogens (tertiary/aromatic N) is 4. The number of carbonyl (C=O) groups is 2. The van der Waals surface area contributed by atoms with Crippen molar-refractivity contribution in [3.05, 3.63) is 150 Å². The fraction of sp³-hybridized carbons (Fsp3) is 0.0250. The number of rotatable bonds is 3. The lowest BCUT2D eigenvalue weighted by Gasteiger charge is -2.21. The minimum Gasteiger partial charge on any atom is -0.309 e. The molecule has 2 amide bonds. The summed E-state index contributed by atoms with van der Waals surface area (Å²) in [5.74, 6) is -0.803. The molecule has 6 aromatic carbocycles. The number of hydrogen-bond donors (Lipinski definition) is 0. The van der Waals surface area contributed by atoms with Crippen LogP contribution in [0.5, 0.6) is 0 Å². The lowest BCUT2D eigenvalue weighted by atomic mass is 10.1. The molecule has 9 rings (SSSR count). The van der Waals surface area contributed by atoms with Gasteiger partial charge in [0.1, 0.15) is 6.07 Å². The molecule has 8 aromatic rings. The van der Waals surface area contributed by atoms with E-state index in [1.54, 1.807) is 42.5 Å². The summed E-state index contributed by atoms with van der Waals surface area (Å²) in [6.45, 7) is 2.09. The van der Waals surface area contributed by atoms with Gasteiger partial charge in [-0.15, -0.1) is 0 Å². The van der Waals surface area contributed by atoms with Crippen LogP contribution >= 0.6 is 0 Å². The van der Waals surface area contributed by atoms with E-state index in [1.807, 2.05) is 22.8 Å². The number of para-hydroxylation sites is 3. The van der Waals surface area contributed by atoms with E-state index in [1.165, 1.54) is 10.5 Å². The minimum absolute atomic E-state index is 0.355. The lowest BCUT2D eigenvalue weighted by molar-refractivity contribution is 0.0926. The van der Waals surface area contributed by atoms with Crippen molar-refractivity contribution in [1.29, 1.82) is 5.26 Å². The Hall–Kier alpha value is -6.45. The zero-order valence-corrected chi connectivity index (χ0v) is 24.7. The van der Waals surface area contributed by atoms with Crippen LogP contribution in [-0.2, 0) is 0 Å². The third-order valence-corrected chi connectivity index (χ3v) is 9.16. The van der Waals surface area contributed by atoms with Crippen LogP contribution in [0.4, 0.5) is 5.69 Å². The molecule has 0 saturated carbocycles. The van der Waals surface area contributed by atoms with E-state index in [4.69, 9.17) is 0 Å². The number of carbonyl (C=O) groups excluding carboxylic acids is 2. The van der Waals surface area contributed by atoms with E-state index in [0.29, 0.717) is 28.1 Å². The second-order valence-corrected chi connectivity index (χ2v) is 11.7. The van der Waals surface area contributed by atoms with Gasteiger partial charge in [-0.1, -0.05) is 72.3 Å². The standard InChI is InChI=1S/C40H24N4O2/c1-24-17-19-26(20-18-24)42-31-14-6-4-12-29(31)36-33(42)21-22-34-37(36)30-13-5-7-15-32(30)43(34)38-25(23-41)9-8-16-35(38)44-39(45)27-10-2-3-11-28(27)40(44)46/h2-22H,1H3. The van der Waals surface area contributed by atoms with Gasteiger partial charge in [0.25, 0.3) is 11.8 Å². The third-order valence-electron chi connectivity index (χ3n) is 9.16. The van der Waals surface area contributed by atoms with Crippen LogP contribution < -0.4 is 4.90 Å². The largest absolute Gasteiger partial charge is 0.309 e.